The lowest BCUT2D eigenvalue weighted by molar-refractivity contribution is -0.121. The number of piperidine rings is 1. The molecule has 3 rings (SSSR count). The molecule has 116 valence electrons. The molecule has 0 radical (unpaired) electrons. The Balaban J connectivity index is 0.00000161. The fourth-order valence-electron chi connectivity index (χ4n) is 3.32. The largest absolute Gasteiger partial charge is 0.353 e. The van der Waals surface area contributed by atoms with E-state index in [2.05, 4.69) is 10.6 Å². The summed E-state index contributed by atoms with van der Waals surface area (Å²) in [5, 5.41) is 7.80. The number of fused-ring (bicyclic) bond motifs is 2. The maximum atomic E-state index is 12.2. The van der Waals surface area contributed by atoms with Gasteiger partial charge in [0.05, 0.1) is 6.42 Å². The fourth-order valence-corrected chi connectivity index (χ4v) is 3.85. The average Bonchev–Trinajstić information content (AvgIpc) is 2.73. The number of benzene rings is 1. The highest BCUT2D eigenvalue weighted by molar-refractivity contribution is 6.36. The number of rotatable bonds is 3. The quantitative estimate of drug-likeness (QED) is 0.878. The summed E-state index contributed by atoms with van der Waals surface area (Å²) in [5.74, 6) is 0.00583. The van der Waals surface area contributed by atoms with E-state index in [0.717, 1.165) is 12.8 Å². The fraction of sp³-hybridized carbons (Fsp3) is 0.533. The van der Waals surface area contributed by atoms with E-state index in [1.54, 1.807) is 18.2 Å². The number of hydrogen-bond acceptors (Lipinski definition) is 2. The average molecular weight is 350 g/mol. The summed E-state index contributed by atoms with van der Waals surface area (Å²) in [4.78, 5) is 12.2. The van der Waals surface area contributed by atoms with Gasteiger partial charge < -0.3 is 10.6 Å². The maximum Gasteiger partial charge on any atom is 0.224 e. The van der Waals surface area contributed by atoms with Crippen molar-refractivity contribution in [2.24, 2.45) is 0 Å². The number of halogens is 3. The summed E-state index contributed by atoms with van der Waals surface area (Å²) in [5.41, 5.74) is 0.713. The zero-order valence-electron chi connectivity index (χ0n) is 11.6. The molecule has 0 aromatic heterocycles. The summed E-state index contributed by atoms with van der Waals surface area (Å²) >= 11 is 12.2. The summed E-state index contributed by atoms with van der Waals surface area (Å²) in [6.07, 6.45) is 4.76. The normalized spacial score (nSPS) is 27.0. The predicted molar refractivity (Wildman–Crippen MR) is 88.5 cm³/mol. The Kier molecular flexibility index (Phi) is 5.78. The van der Waals surface area contributed by atoms with E-state index in [9.17, 15) is 4.79 Å². The summed E-state index contributed by atoms with van der Waals surface area (Å²) in [6.45, 7) is 0. The van der Waals surface area contributed by atoms with E-state index < -0.39 is 0 Å². The number of amides is 1. The second kappa shape index (κ2) is 7.19. The number of carbonyl (C=O) groups excluding carboxylic acids is 1. The van der Waals surface area contributed by atoms with Crippen LogP contribution >= 0.6 is 35.6 Å². The lowest BCUT2D eigenvalue weighted by Crippen LogP contribution is -2.48. The Morgan fingerprint density at radius 1 is 1.19 bits per heavy atom. The summed E-state index contributed by atoms with van der Waals surface area (Å²) in [6, 6.07) is 6.74. The number of carbonyl (C=O) groups is 1. The van der Waals surface area contributed by atoms with Crippen LogP contribution in [-0.2, 0) is 11.2 Å². The molecular weight excluding hydrogens is 331 g/mol. The van der Waals surface area contributed by atoms with Crippen LogP contribution in [0, 0.1) is 0 Å². The highest BCUT2D eigenvalue weighted by Crippen LogP contribution is 2.27. The van der Waals surface area contributed by atoms with Crippen molar-refractivity contribution in [1.29, 1.82) is 0 Å². The monoisotopic (exact) mass is 348 g/mol. The van der Waals surface area contributed by atoms with Gasteiger partial charge in [-0.05, 0) is 43.4 Å². The van der Waals surface area contributed by atoms with Crippen molar-refractivity contribution in [3.05, 3.63) is 33.8 Å². The van der Waals surface area contributed by atoms with Crippen molar-refractivity contribution in [3.63, 3.8) is 0 Å². The van der Waals surface area contributed by atoms with Crippen LogP contribution in [0.25, 0.3) is 0 Å². The smallest absolute Gasteiger partial charge is 0.224 e. The molecule has 1 aromatic carbocycles. The summed E-state index contributed by atoms with van der Waals surface area (Å²) < 4.78 is 0. The van der Waals surface area contributed by atoms with Gasteiger partial charge in [-0.25, -0.2) is 0 Å². The van der Waals surface area contributed by atoms with Gasteiger partial charge in [-0.1, -0.05) is 29.3 Å². The molecule has 2 atom stereocenters. The highest BCUT2D eigenvalue weighted by Gasteiger charge is 2.33. The molecule has 2 N–H and O–H groups in total. The van der Waals surface area contributed by atoms with Crippen molar-refractivity contribution in [2.75, 3.05) is 0 Å². The molecule has 21 heavy (non-hydrogen) atoms. The molecule has 2 unspecified atom stereocenters. The molecule has 0 aliphatic carbocycles. The Bertz CT molecular complexity index is 491. The lowest BCUT2D eigenvalue weighted by atomic mass is 9.99. The molecular formula is C15H19Cl3N2O. The Morgan fingerprint density at radius 2 is 1.76 bits per heavy atom. The van der Waals surface area contributed by atoms with Crippen LogP contribution in [0.5, 0.6) is 0 Å². The third kappa shape index (κ3) is 4.04. The molecule has 6 heteroatoms. The second-order valence-corrected chi connectivity index (χ2v) is 6.57. The zero-order valence-corrected chi connectivity index (χ0v) is 13.9. The third-order valence-corrected chi connectivity index (χ3v) is 4.95. The van der Waals surface area contributed by atoms with E-state index in [1.807, 2.05) is 0 Å². The van der Waals surface area contributed by atoms with Gasteiger partial charge in [0, 0.05) is 28.2 Å². The predicted octanol–water partition coefficient (Wildman–Crippen LogP) is 3.36. The molecule has 2 heterocycles. The minimum atomic E-state index is 0. The molecule has 3 nitrogen and oxygen atoms in total. The van der Waals surface area contributed by atoms with Gasteiger partial charge in [-0.3, -0.25) is 4.79 Å². The van der Waals surface area contributed by atoms with Crippen molar-refractivity contribution in [3.8, 4) is 0 Å². The van der Waals surface area contributed by atoms with Crippen LogP contribution in [-0.4, -0.2) is 24.0 Å². The SMILES string of the molecule is Cl.O=C(Cc1c(Cl)cccc1Cl)NC1CC2CCC(C1)N2. The van der Waals surface area contributed by atoms with Crippen LogP contribution in [0.3, 0.4) is 0 Å². The molecule has 2 saturated heterocycles. The first-order valence-electron chi connectivity index (χ1n) is 7.10. The second-order valence-electron chi connectivity index (χ2n) is 5.75. The van der Waals surface area contributed by atoms with Crippen LogP contribution in [0.1, 0.15) is 31.2 Å². The van der Waals surface area contributed by atoms with Crippen molar-refractivity contribution in [2.45, 2.75) is 50.2 Å². The van der Waals surface area contributed by atoms with Gasteiger partial charge in [-0.15, -0.1) is 12.4 Å². The van der Waals surface area contributed by atoms with E-state index in [0.29, 0.717) is 27.7 Å². The van der Waals surface area contributed by atoms with Crippen molar-refractivity contribution >= 4 is 41.5 Å². The first-order chi connectivity index (χ1) is 9.61. The maximum absolute atomic E-state index is 12.2. The minimum absolute atomic E-state index is 0. The zero-order chi connectivity index (χ0) is 14.1. The third-order valence-electron chi connectivity index (χ3n) is 4.24. The van der Waals surface area contributed by atoms with Gasteiger partial charge in [0.1, 0.15) is 0 Å². The molecule has 1 amide bonds. The molecule has 1 aromatic rings. The van der Waals surface area contributed by atoms with Crippen molar-refractivity contribution in [1.82, 2.24) is 10.6 Å². The number of hydrogen-bond donors (Lipinski definition) is 2. The first kappa shape index (κ1) is 16.9. The van der Waals surface area contributed by atoms with E-state index >= 15 is 0 Å². The molecule has 0 saturated carbocycles. The highest BCUT2D eigenvalue weighted by atomic mass is 35.5. The van der Waals surface area contributed by atoms with Crippen LogP contribution in [0.2, 0.25) is 10.0 Å². The molecule has 2 bridgehead atoms. The van der Waals surface area contributed by atoms with Crippen LogP contribution < -0.4 is 10.6 Å². The standard InChI is InChI=1S/C15H18Cl2N2O.ClH/c16-13-2-1-3-14(17)12(13)8-15(20)19-11-6-9-4-5-10(7-11)18-9;/h1-3,9-11,18H,4-8H2,(H,19,20);1H. The Morgan fingerprint density at radius 3 is 2.33 bits per heavy atom. The summed E-state index contributed by atoms with van der Waals surface area (Å²) in [7, 11) is 0. The first-order valence-corrected chi connectivity index (χ1v) is 7.85. The van der Waals surface area contributed by atoms with E-state index in [1.165, 1.54) is 12.8 Å². The van der Waals surface area contributed by atoms with Gasteiger partial charge in [0.15, 0.2) is 0 Å². The molecule has 2 fully saturated rings. The van der Waals surface area contributed by atoms with Crippen LogP contribution in [0.4, 0.5) is 0 Å². The van der Waals surface area contributed by atoms with Gasteiger partial charge in [0.25, 0.3) is 0 Å². The van der Waals surface area contributed by atoms with E-state index in [-0.39, 0.29) is 30.8 Å². The minimum Gasteiger partial charge on any atom is -0.353 e. The van der Waals surface area contributed by atoms with E-state index in [4.69, 9.17) is 23.2 Å². The van der Waals surface area contributed by atoms with Crippen molar-refractivity contribution < 1.29 is 4.79 Å². The number of nitrogens with one attached hydrogen (secondary N) is 2. The molecule has 0 spiro atoms. The molecule has 2 aliphatic heterocycles. The molecule has 2 aliphatic rings. The van der Waals surface area contributed by atoms with Gasteiger partial charge >= 0.3 is 0 Å². The van der Waals surface area contributed by atoms with Crippen LogP contribution in [0.15, 0.2) is 18.2 Å². The Hall–Kier alpha value is -0.480. The van der Waals surface area contributed by atoms with Gasteiger partial charge in [-0.2, -0.15) is 0 Å². The topological polar surface area (TPSA) is 41.1 Å². The lowest BCUT2D eigenvalue weighted by Gasteiger charge is -2.29. The van der Waals surface area contributed by atoms with Gasteiger partial charge in [0.2, 0.25) is 5.91 Å². The Labute approximate surface area is 141 Å².